The molecule has 1 aliphatic rings. The topological polar surface area (TPSA) is 96.3 Å². The van der Waals surface area contributed by atoms with Crippen LogP contribution in [0.3, 0.4) is 0 Å². The van der Waals surface area contributed by atoms with Crippen molar-refractivity contribution in [3.8, 4) is 17.6 Å². The molecule has 3 aromatic rings. The molecule has 0 radical (unpaired) electrons. The average Bonchev–Trinajstić information content (AvgIpc) is 3.20. The molecule has 2 N–H and O–H groups in total. The quantitative estimate of drug-likeness (QED) is 0.713. The molecule has 7 nitrogen and oxygen atoms in total. The van der Waals surface area contributed by atoms with E-state index in [0.29, 0.717) is 35.0 Å². The second-order valence-electron chi connectivity index (χ2n) is 6.12. The molecule has 0 spiro atoms. The first-order chi connectivity index (χ1) is 13.7. The second-order valence-corrected chi connectivity index (χ2v) is 6.12. The van der Waals surface area contributed by atoms with Gasteiger partial charge in [0.15, 0.2) is 11.5 Å². The second kappa shape index (κ2) is 7.68. The van der Waals surface area contributed by atoms with Crippen molar-refractivity contribution >= 4 is 17.3 Å². The zero-order valence-corrected chi connectivity index (χ0v) is 14.8. The Kier molecular flexibility index (Phi) is 4.76. The lowest BCUT2D eigenvalue weighted by Gasteiger charge is -2.09. The smallest absolute Gasteiger partial charge is 0.270 e. The van der Waals surface area contributed by atoms with Crippen LogP contribution in [0.4, 0.5) is 11.4 Å². The Hall–Kier alpha value is -4.05. The summed E-state index contributed by atoms with van der Waals surface area (Å²) in [4.78, 5) is 16.6. The highest BCUT2D eigenvalue weighted by molar-refractivity contribution is 5.93. The number of hydrogen-bond donors (Lipinski definition) is 2. The Bertz CT molecular complexity index is 1080. The molecule has 0 aliphatic carbocycles. The van der Waals surface area contributed by atoms with Crippen LogP contribution in [-0.4, -0.2) is 17.7 Å². The predicted octanol–water partition coefficient (Wildman–Crippen LogP) is 3.36. The average molecular weight is 372 g/mol. The van der Waals surface area contributed by atoms with Gasteiger partial charge in [-0.3, -0.25) is 9.78 Å². The number of pyridine rings is 1. The standard InChI is InChI=1S/C21H16N4O3/c22-11-14-2-1-3-16(8-14)25-17-6-7-23-18(10-17)21(26)24-12-15-4-5-19-20(9-15)28-13-27-19/h1-10H,12-13H2,(H,23,25)(H,24,26). The van der Waals surface area contributed by atoms with E-state index in [9.17, 15) is 4.79 Å². The number of aromatic nitrogens is 1. The van der Waals surface area contributed by atoms with Crippen molar-refractivity contribution < 1.29 is 14.3 Å². The summed E-state index contributed by atoms with van der Waals surface area (Å²) in [7, 11) is 0. The van der Waals surface area contributed by atoms with Crippen LogP contribution in [0.25, 0.3) is 0 Å². The molecule has 2 heterocycles. The molecule has 1 amide bonds. The number of nitrogens with zero attached hydrogens (tertiary/aromatic N) is 2. The van der Waals surface area contributed by atoms with Gasteiger partial charge in [-0.15, -0.1) is 0 Å². The minimum absolute atomic E-state index is 0.214. The van der Waals surface area contributed by atoms with Gasteiger partial charge in [0, 0.05) is 24.1 Å². The summed E-state index contributed by atoms with van der Waals surface area (Å²) in [5, 5.41) is 15.0. The van der Waals surface area contributed by atoms with E-state index in [1.165, 1.54) is 0 Å². The van der Waals surface area contributed by atoms with E-state index in [1.807, 2.05) is 24.3 Å². The van der Waals surface area contributed by atoms with Crippen LogP contribution >= 0.6 is 0 Å². The Morgan fingerprint density at radius 2 is 1.93 bits per heavy atom. The summed E-state index contributed by atoms with van der Waals surface area (Å²) >= 11 is 0. The lowest BCUT2D eigenvalue weighted by molar-refractivity contribution is 0.0946. The molecule has 7 heteroatoms. The van der Waals surface area contributed by atoms with E-state index < -0.39 is 0 Å². The number of carbonyl (C=O) groups excluding carboxylic acids is 1. The maximum atomic E-state index is 12.5. The molecule has 0 fully saturated rings. The highest BCUT2D eigenvalue weighted by Crippen LogP contribution is 2.32. The summed E-state index contributed by atoms with van der Waals surface area (Å²) in [6, 6.07) is 18.2. The third-order valence-corrected chi connectivity index (χ3v) is 4.16. The van der Waals surface area contributed by atoms with Crippen LogP contribution in [-0.2, 0) is 6.54 Å². The van der Waals surface area contributed by atoms with Gasteiger partial charge in [0.25, 0.3) is 5.91 Å². The van der Waals surface area contributed by atoms with Gasteiger partial charge < -0.3 is 20.1 Å². The molecular weight excluding hydrogens is 356 g/mol. The molecule has 1 aliphatic heterocycles. The van der Waals surface area contributed by atoms with Gasteiger partial charge >= 0.3 is 0 Å². The summed E-state index contributed by atoms with van der Waals surface area (Å²) in [5.74, 6) is 1.10. The maximum Gasteiger partial charge on any atom is 0.270 e. The van der Waals surface area contributed by atoms with E-state index in [1.54, 1.807) is 36.5 Å². The zero-order valence-electron chi connectivity index (χ0n) is 14.8. The van der Waals surface area contributed by atoms with Gasteiger partial charge in [-0.1, -0.05) is 12.1 Å². The number of fused-ring (bicyclic) bond motifs is 1. The van der Waals surface area contributed by atoms with Gasteiger partial charge in [-0.25, -0.2) is 0 Å². The normalized spacial score (nSPS) is 11.5. The van der Waals surface area contributed by atoms with Crippen LogP contribution in [0.15, 0.2) is 60.8 Å². The number of rotatable bonds is 5. The number of anilines is 2. The Balaban J connectivity index is 1.42. The van der Waals surface area contributed by atoms with Crippen LogP contribution in [0.5, 0.6) is 11.5 Å². The molecule has 2 aromatic carbocycles. The fourth-order valence-corrected chi connectivity index (χ4v) is 2.79. The van der Waals surface area contributed by atoms with Crippen molar-refractivity contribution in [1.82, 2.24) is 10.3 Å². The minimum atomic E-state index is -0.285. The van der Waals surface area contributed by atoms with Crippen molar-refractivity contribution in [2.24, 2.45) is 0 Å². The van der Waals surface area contributed by atoms with E-state index in [4.69, 9.17) is 14.7 Å². The van der Waals surface area contributed by atoms with Crippen molar-refractivity contribution in [1.29, 1.82) is 5.26 Å². The van der Waals surface area contributed by atoms with Crippen molar-refractivity contribution in [3.05, 3.63) is 77.6 Å². The van der Waals surface area contributed by atoms with E-state index >= 15 is 0 Å². The van der Waals surface area contributed by atoms with Crippen LogP contribution in [0.1, 0.15) is 21.6 Å². The van der Waals surface area contributed by atoms with Gasteiger partial charge in [-0.05, 0) is 48.0 Å². The minimum Gasteiger partial charge on any atom is -0.454 e. The van der Waals surface area contributed by atoms with E-state index in [2.05, 4.69) is 21.7 Å². The van der Waals surface area contributed by atoms with Crippen molar-refractivity contribution in [3.63, 3.8) is 0 Å². The number of hydrogen-bond acceptors (Lipinski definition) is 6. The number of amides is 1. The highest BCUT2D eigenvalue weighted by atomic mass is 16.7. The Morgan fingerprint density at radius 1 is 1.07 bits per heavy atom. The van der Waals surface area contributed by atoms with Crippen LogP contribution in [0, 0.1) is 11.3 Å². The summed E-state index contributed by atoms with van der Waals surface area (Å²) in [6.45, 7) is 0.561. The monoisotopic (exact) mass is 372 g/mol. The molecule has 1 aromatic heterocycles. The molecule has 0 saturated heterocycles. The third-order valence-electron chi connectivity index (χ3n) is 4.16. The molecular formula is C21H16N4O3. The number of nitrogens with one attached hydrogen (secondary N) is 2. The molecule has 0 atom stereocenters. The maximum absolute atomic E-state index is 12.5. The summed E-state index contributed by atoms with van der Waals surface area (Å²) in [6.07, 6.45) is 1.56. The van der Waals surface area contributed by atoms with E-state index in [-0.39, 0.29) is 12.7 Å². The molecule has 0 bridgehead atoms. The van der Waals surface area contributed by atoms with Crippen molar-refractivity contribution in [2.45, 2.75) is 6.54 Å². The number of benzene rings is 2. The first-order valence-corrected chi connectivity index (χ1v) is 8.61. The molecule has 28 heavy (non-hydrogen) atoms. The van der Waals surface area contributed by atoms with Gasteiger partial charge in [0.2, 0.25) is 6.79 Å². The summed E-state index contributed by atoms with van der Waals surface area (Å²) < 4.78 is 10.6. The third kappa shape index (κ3) is 3.86. The predicted molar refractivity (Wildman–Crippen MR) is 102 cm³/mol. The van der Waals surface area contributed by atoms with Gasteiger partial charge in [0.05, 0.1) is 11.6 Å². The first-order valence-electron chi connectivity index (χ1n) is 8.61. The van der Waals surface area contributed by atoms with Crippen LogP contribution in [0.2, 0.25) is 0 Å². The first kappa shape index (κ1) is 17.4. The molecule has 0 unspecified atom stereocenters. The van der Waals surface area contributed by atoms with Gasteiger partial charge in [0.1, 0.15) is 5.69 Å². The Morgan fingerprint density at radius 3 is 2.82 bits per heavy atom. The SMILES string of the molecule is N#Cc1cccc(Nc2ccnc(C(=O)NCc3ccc4c(c3)OCO4)c2)c1. The van der Waals surface area contributed by atoms with Gasteiger partial charge in [-0.2, -0.15) is 5.26 Å². The summed E-state index contributed by atoms with van der Waals surface area (Å²) in [5.41, 5.74) is 3.22. The molecule has 138 valence electrons. The number of carbonyl (C=O) groups is 1. The Labute approximate surface area is 161 Å². The molecule has 0 saturated carbocycles. The van der Waals surface area contributed by atoms with Crippen LogP contribution < -0.4 is 20.1 Å². The highest BCUT2D eigenvalue weighted by Gasteiger charge is 2.14. The number of ether oxygens (including phenoxy) is 2. The molecule has 4 rings (SSSR count). The fraction of sp³-hybridized carbons (Fsp3) is 0.0952. The van der Waals surface area contributed by atoms with Crippen molar-refractivity contribution in [2.75, 3.05) is 12.1 Å². The fourth-order valence-electron chi connectivity index (χ4n) is 2.79. The number of nitriles is 1. The van der Waals surface area contributed by atoms with E-state index in [0.717, 1.165) is 11.3 Å². The lowest BCUT2D eigenvalue weighted by Crippen LogP contribution is -2.23. The lowest BCUT2D eigenvalue weighted by atomic mass is 10.2. The zero-order chi connectivity index (χ0) is 19.3. The largest absolute Gasteiger partial charge is 0.454 e.